The average molecular weight is 285 g/mol. The van der Waals surface area contributed by atoms with Crippen molar-refractivity contribution in [1.82, 2.24) is 0 Å². The molecule has 0 aliphatic heterocycles. The lowest BCUT2D eigenvalue weighted by Gasteiger charge is -2.18. The molecule has 20 heavy (non-hydrogen) atoms. The third-order valence-electron chi connectivity index (χ3n) is 3.18. The van der Waals surface area contributed by atoms with E-state index in [1.807, 2.05) is 6.92 Å². The van der Waals surface area contributed by atoms with Gasteiger partial charge in [-0.3, -0.25) is 0 Å². The molecule has 1 unspecified atom stereocenters. The fraction of sp³-hybridized carbons (Fsp3) is 0.625. The van der Waals surface area contributed by atoms with Crippen molar-refractivity contribution in [3.8, 4) is 5.75 Å². The smallest absolute Gasteiger partial charge is 0.190 e. The van der Waals surface area contributed by atoms with Crippen LogP contribution < -0.4 is 10.5 Å². The molecular weight excluding hydrogens is 260 g/mol. The Hall–Kier alpha value is -1.16. The molecule has 0 fully saturated rings. The largest absolute Gasteiger partial charge is 0.488 e. The van der Waals surface area contributed by atoms with E-state index in [0.29, 0.717) is 18.6 Å². The second-order valence-corrected chi connectivity index (χ2v) is 6.42. The van der Waals surface area contributed by atoms with E-state index >= 15 is 0 Å². The zero-order valence-electron chi connectivity index (χ0n) is 12.8. The van der Waals surface area contributed by atoms with Gasteiger partial charge in [0.15, 0.2) is 17.4 Å². The second-order valence-electron chi connectivity index (χ2n) is 6.42. The lowest BCUT2D eigenvalue weighted by molar-refractivity contribution is 0.226. The number of hydrogen-bond donors (Lipinski definition) is 1. The van der Waals surface area contributed by atoms with Gasteiger partial charge in [0.2, 0.25) is 0 Å². The van der Waals surface area contributed by atoms with Gasteiger partial charge in [-0.15, -0.1) is 0 Å². The van der Waals surface area contributed by atoms with Crippen LogP contribution in [0.4, 0.5) is 8.78 Å². The summed E-state index contributed by atoms with van der Waals surface area (Å²) in [6.07, 6.45) is 1.97. The molecular formula is C16H25F2NO. The minimum Gasteiger partial charge on any atom is -0.488 e. The Morgan fingerprint density at radius 1 is 1.20 bits per heavy atom. The summed E-state index contributed by atoms with van der Waals surface area (Å²) in [7, 11) is 0. The third kappa shape index (κ3) is 5.45. The van der Waals surface area contributed by atoms with Crippen LogP contribution in [0, 0.1) is 17.0 Å². The number of hydrogen-bond acceptors (Lipinski definition) is 2. The quantitative estimate of drug-likeness (QED) is 0.855. The topological polar surface area (TPSA) is 35.2 Å². The van der Waals surface area contributed by atoms with E-state index in [2.05, 4.69) is 20.8 Å². The maximum Gasteiger partial charge on any atom is 0.190 e. The summed E-state index contributed by atoms with van der Waals surface area (Å²) in [6, 6.07) is 2.54. The normalized spacial score (nSPS) is 13.3. The van der Waals surface area contributed by atoms with Crippen LogP contribution in [0.2, 0.25) is 0 Å². The molecule has 1 rings (SSSR count). The first kappa shape index (κ1) is 16.9. The van der Waals surface area contributed by atoms with Crippen LogP contribution in [0.5, 0.6) is 5.75 Å². The molecule has 0 bridgehead atoms. The van der Waals surface area contributed by atoms with Crippen molar-refractivity contribution in [2.24, 2.45) is 11.1 Å². The Morgan fingerprint density at radius 3 is 2.20 bits per heavy atom. The molecule has 0 aliphatic carbocycles. The van der Waals surface area contributed by atoms with Gasteiger partial charge in [0.1, 0.15) is 0 Å². The number of rotatable bonds is 6. The van der Waals surface area contributed by atoms with Crippen LogP contribution in [0.25, 0.3) is 0 Å². The SMILES string of the molecule is CCC(N)Cc1cc(F)c(OCCC(C)(C)C)c(F)c1. The fourth-order valence-corrected chi connectivity index (χ4v) is 1.77. The van der Waals surface area contributed by atoms with E-state index in [4.69, 9.17) is 10.5 Å². The van der Waals surface area contributed by atoms with E-state index < -0.39 is 11.6 Å². The Balaban J connectivity index is 2.74. The van der Waals surface area contributed by atoms with E-state index in [0.717, 1.165) is 12.8 Å². The van der Waals surface area contributed by atoms with Gasteiger partial charge in [0.25, 0.3) is 0 Å². The van der Waals surface area contributed by atoms with Crippen molar-refractivity contribution in [3.63, 3.8) is 0 Å². The lowest BCUT2D eigenvalue weighted by Crippen LogP contribution is -2.21. The number of benzene rings is 1. The van der Waals surface area contributed by atoms with E-state index in [-0.39, 0.29) is 17.2 Å². The van der Waals surface area contributed by atoms with E-state index in [1.165, 1.54) is 12.1 Å². The minimum atomic E-state index is -0.655. The Labute approximate surface area is 120 Å². The number of halogens is 2. The van der Waals surface area contributed by atoms with Gasteiger partial charge in [-0.2, -0.15) is 0 Å². The van der Waals surface area contributed by atoms with Crippen LogP contribution in [0.1, 0.15) is 46.1 Å². The van der Waals surface area contributed by atoms with Crippen LogP contribution in [-0.2, 0) is 6.42 Å². The van der Waals surface area contributed by atoms with Gasteiger partial charge >= 0.3 is 0 Å². The summed E-state index contributed by atoms with van der Waals surface area (Å²) in [4.78, 5) is 0. The standard InChI is InChI=1S/C16H25F2NO/c1-5-12(19)8-11-9-13(17)15(14(18)10-11)20-7-6-16(2,3)4/h9-10,12H,5-8,19H2,1-4H3. The van der Waals surface area contributed by atoms with Gasteiger partial charge in [0, 0.05) is 6.04 Å². The first-order chi connectivity index (χ1) is 9.23. The number of ether oxygens (including phenoxy) is 1. The number of nitrogens with two attached hydrogens (primary N) is 1. The van der Waals surface area contributed by atoms with Gasteiger partial charge in [-0.25, -0.2) is 8.78 Å². The molecule has 0 aromatic heterocycles. The monoisotopic (exact) mass is 285 g/mol. The van der Waals surface area contributed by atoms with E-state index in [1.54, 1.807) is 0 Å². The van der Waals surface area contributed by atoms with Crippen LogP contribution in [-0.4, -0.2) is 12.6 Å². The van der Waals surface area contributed by atoms with Crippen LogP contribution >= 0.6 is 0 Å². The highest BCUT2D eigenvalue weighted by Crippen LogP contribution is 2.26. The van der Waals surface area contributed by atoms with Crippen LogP contribution in [0.15, 0.2) is 12.1 Å². The van der Waals surface area contributed by atoms with Crippen molar-refractivity contribution < 1.29 is 13.5 Å². The molecule has 0 heterocycles. The lowest BCUT2D eigenvalue weighted by atomic mass is 9.93. The zero-order chi connectivity index (χ0) is 15.3. The first-order valence-electron chi connectivity index (χ1n) is 7.09. The van der Waals surface area contributed by atoms with Gasteiger partial charge in [0.05, 0.1) is 6.61 Å². The van der Waals surface area contributed by atoms with Gasteiger partial charge < -0.3 is 10.5 Å². The molecule has 2 nitrogen and oxygen atoms in total. The van der Waals surface area contributed by atoms with Crippen molar-refractivity contribution in [1.29, 1.82) is 0 Å². The van der Waals surface area contributed by atoms with Crippen molar-refractivity contribution in [2.45, 2.75) is 53.0 Å². The summed E-state index contributed by atoms with van der Waals surface area (Å²) in [6.45, 7) is 8.40. The molecule has 1 aromatic carbocycles. The predicted molar refractivity (Wildman–Crippen MR) is 77.9 cm³/mol. The molecule has 2 N–H and O–H groups in total. The second kappa shape index (κ2) is 7.02. The molecule has 0 saturated carbocycles. The van der Waals surface area contributed by atoms with E-state index in [9.17, 15) is 8.78 Å². The summed E-state index contributed by atoms with van der Waals surface area (Å²) in [5.41, 5.74) is 6.43. The van der Waals surface area contributed by atoms with Gasteiger partial charge in [-0.1, -0.05) is 27.7 Å². The highest BCUT2D eigenvalue weighted by molar-refractivity contribution is 5.31. The Kier molecular flexibility index (Phi) is 5.93. The maximum atomic E-state index is 13.9. The maximum absolute atomic E-state index is 13.9. The average Bonchev–Trinajstić information content (AvgIpc) is 2.31. The molecule has 0 spiro atoms. The molecule has 0 amide bonds. The molecule has 0 radical (unpaired) electrons. The Bertz CT molecular complexity index is 418. The molecule has 0 saturated heterocycles. The summed E-state index contributed by atoms with van der Waals surface area (Å²) in [5.74, 6) is -1.60. The van der Waals surface area contributed by atoms with Gasteiger partial charge in [-0.05, 0) is 42.4 Å². The van der Waals surface area contributed by atoms with Crippen LogP contribution in [0.3, 0.4) is 0 Å². The van der Waals surface area contributed by atoms with Crippen molar-refractivity contribution in [2.75, 3.05) is 6.61 Å². The highest BCUT2D eigenvalue weighted by atomic mass is 19.1. The summed E-state index contributed by atoms with van der Waals surface area (Å²) >= 11 is 0. The zero-order valence-corrected chi connectivity index (χ0v) is 12.8. The molecule has 4 heteroatoms. The fourth-order valence-electron chi connectivity index (χ4n) is 1.77. The molecule has 0 aliphatic rings. The first-order valence-corrected chi connectivity index (χ1v) is 7.09. The highest BCUT2D eigenvalue weighted by Gasteiger charge is 2.16. The predicted octanol–water partition coefficient (Wildman–Crippen LogP) is 4.06. The molecule has 1 aromatic rings. The molecule has 114 valence electrons. The Morgan fingerprint density at radius 2 is 1.75 bits per heavy atom. The summed E-state index contributed by atoms with van der Waals surface area (Å²) < 4.78 is 33.0. The minimum absolute atomic E-state index is 0.0702. The van der Waals surface area contributed by atoms with Crippen molar-refractivity contribution >= 4 is 0 Å². The molecule has 1 atom stereocenters. The third-order valence-corrected chi connectivity index (χ3v) is 3.18. The van der Waals surface area contributed by atoms with Crippen molar-refractivity contribution in [3.05, 3.63) is 29.3 Å². The summed E-state index contributed by atoms with van der Waals surface area (Å²) in [5, 5.41) is 0.